The van der Waals surface area contributed by atoms with E-state index in [9.17, 15) is 4.79 Å². The highest BCUT2D eigenvalue weighted by molar-refractivity contribution is 6.01. The third-order valence-electron chi connectivity index (χ3n) is 5.78. The largest absolute Gasteiger partial charge is 0.493 e. The van der Waals surface area contributed by atoms with Gasteiger partial charge in [-0.3, -0.25) is 4.79 Å². The Bertz CT molecular complexity index is 1040. The van der Waals surface area contributed by atoms with E-state index in [1.54, 1.807) is 14.2 Å². The number of aromatic amines is 1. The maximum absolute atomic E-state index is 13.2. The van der Waals surface area contributed by atoms with Crippen LogP contribution in [0.1, 0.15) is 39.5 Å². The lowest BCUT2D eigenvalue weighted by Gasteiger charge is -2.19. The molecule has 3 aromatic rings. The molecule has 146 valence electrons. The van der Waals surface area contributed by atoms with Crippen molar-refractivity contribution in [2.45, 2.75) is 26.2 Å². The molecule has 0 aliphatic carbocycles. The summed E-state index contributed by atoms with van der Waals surface area (Å²) < 4.78 is 11.0. The molecule has 1 aliphatic heterocycles. The summed E-state index contributed by atoms with van der Waals surface area (Å²) in [5.74, 6) is 1.80. The third kappa shape index (κ3) is 3.01. The van der Waals surface area contributed by atoms with Crippen molar-refractivity contribution in [3.05, 3.63) is 58.8 Å². The predicted molar refractivity (Wildman–Crippen MR) is 111 cm³/mol. The van der Waals surface area contributed by atoms with Crippen LogP contribution < -0.4 is 9.47 Å². The number of methoxy groups -OCH3 is 2. The van der Waals surface area contributed by atoms with E-state index in [-0.39, 0.29) is 11.8 Å². The van der Waals surface area contributed by atoms with E-state index in [0.717, 1.165) is 46.5 Å². The first-order chi connectivity index (χ1) is 13.5. The van der Waals surface area contributed by atoms with Crippen molar-refractivity contribution in [3.63, 3.8) is 0 Å². The second kappa shape index (κ2) is 7.23. The molecule has 5 heteroatoms. The number of amides is 1. The molecule has 1 saturated heterocycles. The smallest absolute Gasteiger partial charge is 0.270 e. The molecule has 1 atom stereocenters. The molecule has 0 spiro atoms. The topological polar surface area (TPSA) is 54.6 Å². The first-order valence-corrected chi connectivity index (χ1v) is 9.62. The normalized spacial score (nSPS) is 16.6. The molecule has 0 bridgehead atoms. The number of nitrogens with zero attached hydrogens (tertiary/aromatic N) is 1. The van der Waals surface area contributed by atoms with Crippen molar-refractivity contribution in [2.75, 3.05) is 27.3 Å². The Morgan fingerprint density at radius 2 is 1.96 bits per heavy atom. The van der Waals surface area contributed by atoms with E-state index in [1.807, 2.05) is 30.0 Å². The fourth-order valence-electron chi connectivity index (χ4n) is 4.24. The number of para-hydroxylation sites is 1. The number of aryl methyl sites for hydroxylation is 2. The van der Waals surface area contributed by atoms with Crippen molar-refractivity contribution >= 4 is 16.8 Å². The van der Waals surface area contributed by atoms with Gasteiger partial charge in [0.25, 0.3) is 5.91 Å². The van der Waals surface area contributed by atoms with Crippen LogP contribution in [-0.4, -0.2) is 43.1 Å². The van der Waals surface area contributed by atoms with Crippen molar-refractivity contribution in [1.29, 1.82) is 0 Å². The van der Waals surface area contributed by atoms with Crippen LogP contribution in [0.3, 0.4) is 0 Å². The van der Waals surface area contributed by atoms with Gasteiger partial charge in [-0.2, -0.15) is 0 Å². The Balaban J connectivity index is 1.60. The molecule has 1 amide bonds. The first-order valence-electron chi connectivity index (χ1n) is 9.62. The van der Waals surface area contributed by atoms with Crippen molar-refractivity contribution in [1.82, 2.24) is 9.88 Å². The number of aromatic nitrogens is 1. The Morgan fingerprint density at radius 1 is 1.14 bits per heavy atom. The number of H-pyrrole nitrogens is 1. The van der Waals surface area contributed by atoms with Gasteiger partial charge >= 0.3 is 0 Å². The summed E-state index contributed by atoms with van der Waals surface area (Å²) in [4.78, 5) is 18.5. The zero-order valence-corrected chi connectivity index (χ0v) is 16.8. The van der Waals surface area contributed by atoms with Crippen LogP contribution in [0.2, 0.25) is 0 Å². The zero-order valence-electron chi connectivity index (χ0n) is 16.8. The minimum atomic E-state index is 0.0655. The number of carbonyl (C=O) groups is 1. The molecule has 1 fully saturated rings. The van der Waals surface area contributed by atoms with E-state index in [4.69, 9.17) is 9.47 Å². The van der Waals surface area contributed by atoms with Crippen LogP contribution in [0.4, 0.5) is 0 Å². The highest BCUT2D eigenvalue weighted by atomic mass is 16.5. The summed E-state index contributed by atoms with van der Waals surface area (Å²) in [6, 6.07) is 12.2. The maximum atomic E-state index is 13.2. The number of ether oxygens (including phenoxy) is 2. The van der Waals surface area contributed by atoms with E-state index >= 15 is 0 Å². The van der Waals surface area contributed by atoms with Gasteiger partial charge < -0.3 is 19.4 Å². The summed E-state index contributed by atoms with van der Waals surface area (Å²) in [5, 5.41) is 1.12. The zero-order chi connectivity index (χ0) is 19.8. The molecule has 1 N–H and O–H groups in total. The van der Waals surface area contributed by atoms with E-state index < -0.39 is 0 Å². The monoisotopic (exact) mass is 378 g/mol. The average Bonchev–Trinajstić information content (AvgIpc) is 3.32. The van der Waals surface area contributed by atoms with Crippen LogP contribution in [0, 0.1) is 13.8 Å². The minimum absolute atomic E-state index is 0.0655. The summed E-state index contributed by atoms with van der Waals surface area (Å²) in [6.45, 7) is 5.50. The summed E-state index contributed by atoms with van der Waals surface area (Å²) >= 11 is 0. The Labute approximate surface area is 165 Å². The highest BCUT2D eigenvalue weighted by Gasteiger charge is 2.31. The summed E-state index contributed by atoms with van der Waals surface area (Å²) in [7, 11) is 3.31. The molecule has 2 aromatic carbocycles. The quantitative estimate of drug-likeness (QED) is 0.731. The second-order valence-corrected chi connectivity index (χ2v) is 7.49. The standard InChI is InChI=1S/C23H26N2O3/c1-14-8-9-19-18(12-14)15(2)21(24-19)23(26)25-11-10-16(13-25)17-6-5-7-20(27-3)22(17)28-4/h5-9,12,16,24H,10-11,13H2,1-4H3/t16-/m0/s1. The van der Waals surface area contributed by atoms with Crippen LogP contribution >= 0.6 is 0 Å². The number of hydrogen-bond acceptors (Lipinski definition) is 3. The molecule has 4 rings (SSSR count). The molecular weight excluding hydrogens is 352 g/mol. The van der Waals surface area contributed by atoms with Crippen LogP contribution in [0.5, 0.6) is 11.5 Å². The maximum Gasteiger partial charge on any atom is 0.270 e. The van der Waals surface area contributed by atoms with Crippen molar-refractivity contribution in [2.24, 2.45) is 0 Å². The van der Waals surface area contributed by atoms with Gasteiger partial charge in [0.2, 0.25) is 0 Å². The van der Waals surface area contributed by atoms with Crippen LogP contribution in [0.25, 0.3) is 10.9 Å². The molecule has 1 aromatic heterocycles. The van der Waals surface area contributed by atoms with E-state index in [1.165, 1.54) is 5.56 Å². The fraction of sp³-hybridized carbons (Fsp3) is 0.348. The summed E-state index contributed by atoms with van der Waals surface area (Å²) in [5.41, 5.74) is 5.02. The predicted octanol–water partition coefficient (Wildman–Crippen LogP) is 4.43. The van der Waals surface area contributed by atoms with E-state index in [2.05, 4.69) is 30.1 Å². The number of hydrogen-bond donors (Lipinski definition) is 1. The molecule has 0 radical (unpaired) electrons. The molecule has 2 heterocycles. The van der Waals surface area contributed by atoms with Crippen molar-refractivity contribution in [3.8, 4) is 11.5 Å². The van der Waals surface area contributed by atoms with Crippen LogP contribution in [0.15, 0.2) is 36.4 Å². The van der Waals surface area contributed by atoms with Gasteiger partial charge in [0.1, 0.15) is 5.69 Å². The first kappa shape index (κ1) is 18.4. The van der Waals surface area contributed by atoms with Crippen LogP contribution in [-0.2, 0) is 0 Å². The third-order valence-corrected chi connectivity index (χ3v) is 5.78. The number of likely N-dealkylation sites (tertiary alicyclic amines) is 1. The number of carbonyl (C=O) groups excluding carboxylic acids is 1. The number of fused-ring (bicyclic) bond motifs is 1. The van der Waals surface area contributed by atoms with Gasteiger partial charge in [0.05, 0.1) is 14.2 Å². The van der Waals surface area contributed by atoms with Gasteiger partial charge in [0, 0.05) is 35.5 Å². The Kier molecular flexibility index (Phi) is 4.75. The Hall–Kier alpha value is -2.95. The number of benzene rings is 2. The number of rotatable bonds is 4. The lowest BCUT2D eigenvalue weighted by Crippen LogP contribution is -2.29. The van der Waals surface area contributed by atoms with Gasteiger partial charge in [-0.05, 0) is 44.0 Å². The van der Waals surface area contributed by atoms with Gasteiger partial charge in [0.15, 0.2) is 11.5 Å². The molecule has 1 aliphatic rings. The van der Waals surface area contributed by atoms with Gasteiger partial charge in [-0.25, -0.2) is 0 Å². The molecular formula is C23H26N2O3. The lowest BCUT2D eigenvalue weighted by atomic mass is 9.97. The average molecular weight is 378 g/mol. The molecule has 28 heavy (non-hydrogen) atoms. The fourth-order valence-corrected chi connectivity index (χ4v) is 4.24. The Morgan fingerprint density at radius 3 is 2.71 bits per heavy atom. The second-order valence-electron chi connectivity index (χ2n) is 7.49. The minimum Gasteiger partial charge on any atom is -0.493 e. The SMILES string of the molecule is COc1cccc([C@H]2CCN(C(=O)c3[nH]c4ccc(C)cc4c3C)C2)c1OC. The molecule has 0 unspecified atom stereocenters. The van der Waals surface area contributed by atoms with Gasteiger partial charge in [-0.1, -0.05) is 23.8 Å². The molecule has 5 nitrogen and oxygen atoms in total. The van der Waals surface area contributed by atoms with Gasteiger partial charge in [-0.15, -0.1) is 0 Å². The lowest BCUT2D eigenvalue weighted by molar-refractivity contribution is 0.0785. The highest BCUT2D eigenvalue weighted by Crippen LogP contribution is 2.39. The number of nitrogens with one attached hydrogen (secondary N) is 1. The van der Waals surface area contributed by atoms with E-state index in [0.29, 0.717) is 12.2 Å². The summed E-state index contributed by atoms with van der Waals surface area (Å²) in [6.07, 6.45) is 0.910. The van der Waals surface area contributed by atoms with Crippen molar-refractivity contribution < 1.29 is 14.3 Å². The molecule has 0 saturated carbocycles.